The lowest BCUT2D eigenvalue weighted by Crippen LogP contribution is -2.04. The molecule has 0 radical (unpaired) electrons. The Balaban J connectivity index is 1.92. The molecule has 0 saturated carbocycles. The zero-order valence-electron chi connectivity index (χ0n) is 14.3. The summed E-state index contributed by atoms with van der Waals surface area (Å²) in [6, 6.07) is 17.6. The maximum Gasteiger partial charge on any atom is 0.119 e. The van der Waals surface area contributed by atoms with E-state index in [0.29, 0.717) is 12.5 Å². The maximum atomic E-state index is 8.95. The van der Waals surface area contributed by atoms with Crippen molar-refractivity contribution in [2.45, 2.75) is 13.8 Å². The average molecular weight is 335 g/mol. The van der Waals surface area contributed by atoms with Gasteiger partial charge in [-0.2, -0.15) is 5.10 Å². The van der Waals surface area contributed by atoms with E-state index in [1.807, 2.05) is 60.8 Å². The topological polar surface area (TPSA) is 59.6 Å². The highest BCUT2D eigenvalue weighted by Gasteiger charge is 2.11. The van der Waals surface area contributed by atoms with E-state index in [4.69, 9.17) is 9.94 Å². The molecule has 0 aliphatic rings. The van der Waals surface area contributed by atoms with E-state index < -0.39 is 0 Å². The molecule has 0 fully saturated rings. The predicted molar refractivity (Wildman–Crippen MR) is 98.7 cm³/mol. The van der Waals surface area contributed by atoms with Crippen molar-refractivity contribution in [3.05, 3.63) is 66.4 Å². The fourth-order valence-electron chi connectivity index (χ4n) is 2.45. The molecular formula is C20H21N3O2. The van der Waals surface area contributed by atoms with E-state index in [1.165, 1.54) is 6.21 Å². The van der Waals surface area contributed by atoms with Gasteiger partial charge in [-0.1, -0.05) is 37.2 Å². The third-order valence-corrected chi connectivity index (χ3v) is 3.67. The van der Waals surface area contributed by atoms with E-state index in [2.05, 4.69) is 24.1 Å². The molecule has 3 aromatic rings. The number of oxime groups is 1. The van der Waals surface area contributed by atoms with Crippen molar-refractivity contribution in [1.82, 2.24) is 9.78 Å². The number of hydrogen-bond acceptors (Lipinski definition) is 4. The minimum absolute atomic E-state index is 0.480. The molecule has 0 aliphatic heterocycles. The minimum Gasteiger partial charge on any atom is -0.493 e. The first-order valence-electron chi connectivity index (χ1n) is 8.23. The van der Waals surface area contributed by atoms with Crippen LogP contribution < -0.4 is 4.74 Å². The smallest absolute Gasteiger partial charge is 0.119 e. The summed E-state index contributed by atoms with van der Waals surface area (Å²) in [4.78, 5) is 0. The molecule has 0 bridgehead atoms. The summed E-state index contributed by atoms with van der Waals surface area (Å²) in [6.45, 7) is 4.92. The molecule has 0 aliphatic carbocycles. The fraction of sp³-hybridized carbons (Fsp3) is 0.200. The van der Waals surface area contributed by atoms with Crippen molar-refractivity contribution in [2.75, 3.05) is 6.61 Å². The number of aromatic nitrogens is 2. The van der Waals surface area contributed by atoms with Gasteiger partial charge < -0.3 is 9.94 Å². The van der Waals surface area contributed by atoms with Gasteiger partial charge in [0.05, 0.1) is 18.5 Å². The van der Waals surface area contributed by atoms with Crippen molar-refractivity contribution < 1.29 is 9.94 Å². The van der Waals surface area contributed by atoms with Gasteiger partial charge in [0.25, 0.3) is 0 Å². The van der Waals surface area contributed by atoms with Crippen LogP contribution in [0.2, 0.25) is 0 Å². The van der Waals surface area contributed by atoms with Crippen molar-refractivity contribution in [3.8, 4) is 22.7 Å². The first-order chi connectivity index (χ1) is 12.2. The van der Waals surface area contributed by atoms with Gasteiger partial charge in [0, 0.05) is 17.3 Å². The van der Waals surface area contributed by atoms with Crippen LogP contribution >= 0.6 is 0 Å². The highest BCUT2D eigenvalue weighted by Crippen LogP contribution is 2.25. The number of benzene rings is 2. The van der Waals surface area contributed by atoms with Gasteiger partial charge >= 0.3 is 0 Å². The Morgan fingerprint density at radius 3 is 2.48 bits per heavy atom. The summed E-state index contributed by atoms with van der Waals surface area (Å²) in [5.41, 5.74) is 3.36. The molecule has 5 nitrogen and oxygen atoms in total. The molecule has 128 valence electrons. The van der Waals surface area contributed by atoms with E-state index in [1.54, 1.807) is 4.68 Å². The molecule has 1 heterocycles. The molecule has 1 N–H and O–H groups in total. The lowest BCUT2D eigenvalue weighted by atomic mass is 10.1. The Kier molecular flexibility index (Phi) is 5.14. The number of para-hydroxylation sites is 1. The minimum atomic E-state index is 0.480. The van der Waals surface area contributed by atoms with E-state index in [0.717, 1.165) is 28.3 Å². The van der Waals surface area contributed by atoms with Crippen LogP contribution in [0.5, 0.6) is 5.75 Å². The molecule has 3 rings (SSSR count). The Labute approximate surface area is 147 Å². The van der Waals surface area contributed by atoms with Crippen LogP contribution in [0.1, 0.15) is 19.4 Å². The second kappa shape index (κ2) is 7.66. The van der Waals surface area contributed by atoms with E-state index in [9.17, 15) is 0 Å². The Hall–Kier alpha value is -3.08. The Bertz CT molecular complexity index is 837. The van der Waals surface area contributed by atoms with Gasteiger partial charge in [-0.05, 0) is 42.3 Å². The van der Waals surface area contributed by atoms with Gasteiger partial charge in [0.1, 0.15) is 11.4 Å². The molecule has 0 spiro atoms. The third-order valence-electron chi connectivity index (χ3n) is 3.67. The highest BCUT2D eigenvalue weighted by molar-refractivity contribution is 5.88. The van der Waals surface area contributed by atoms with Crippen LogP contribution in [-0.4, -0.2) is 27.8 Å². The van der Waals surface area contributed by atoms with Gasteiger partial charge in [0.15, 0.2) is 0 Å². The van der Waals surface area contributed by atoms with Crippen molar-refractivity contribution in [1.29, 1.82) is 0 Å². The molecule has 2 aromatic carbocycles. The molecule has 0 atom stereocenters. The molecular weight excluding hydrogens is 314 g/mol. The summed E-state index contributed by atoms with van der Waals surface area (Å²) in [6.07, 6.45) is 3.23. The number of ether oxygens (including phenoxy) is 1. The summed E-state index contributed by atoms with van der Waals surface area (Å²) < 4.78 is 7.49. The van der Waals surface area contributed by atoms with Gasteiger partial charge in [-0.3, -0.25) is 0 Å². The molecule has 25 heavy (non-hydrogen) atoms. The van der Waals surface area contributed by atoms with Crippen molar-refractivity contribution in [2.24, 2.45) is 11.1 Å². The summed E-state index contributed by atoms with van der Waals surface area (Å²) in [7, 11) is 0. The fourth-order valence-corrected chi connectivity index (χ4v) is 2.45. The lowest BCUT2D eigenvalue weighted by molar-refractivity contribution is 0.271. The van der Waals surface area contributed by atoms with Gasteiger partial charge in [0.2, 0.25) is 0 Å². The predicted octanol–water partition coefficient (Wildman–Crippen LogP) is 4.38. The number of rotatable bonds is 6. The van der Waals surface area contributed by atoms with E-state index in [-0.39, 0.29) is 0 Å². The average Bonchev–Trinajstić information content (AvgIpc) is 3.05. The lowest BCUT2D eigenvalue weighted by Gasteiger charge is -2.09. The summed E-state index contributed by atoms with van der Waals surface area (Å²) >= 11 is 0. The first-order valence-corrected chi connectivity index (χ1v) is 8.23. The van der Waals surface area contributed by atoms with Crippen LogP contribution in [0.15, 0.2) is 65.9 Å². The van der Waals surface area contributed by atoms with Crippen molar-refractivity contribution >= 4 is 6.21 Å². The summed E-state index contributed by atoms with van der Waals surface area (Å²) in [5, 5.41) is 16.8. The zero-order chi connectivity index (χ0) is 17.6. The number of hydrogen-bond donors (Lipinski definition) is 1. The van der Waals surface area contributed by atoms with E-state index >= 15 is 0 Å². The zero-order valence-corrected chi connectivity index (χ0v) is 14.3. The largest absolute Gasteiger partial charge is 0.493 e. The normalized spacial score (nSPS) is 11.3. The number of nitrogens with zero attached hydrogens (tertiary/aromatic N) is 3. The van der Waals surface area contributed by atoms with Gasteiger partial charge in [-0.15, -0.1) is 0 Å². The highest BCUT2D eigenvalue weighted by atomic mass is 16.5. The van der Waals surface area contributed by atoms with Crippen LogP contribution in [0, 0.1) is 5.92 Å². The summed E-state index contributed by atoms with van der Waals surface area (Å²) in [5.74, 6) is 1.31. The van der Waals surface area contributed by atoms with Crippen LogP contribution in [-0.2, 0) is 0 Å². The Morgan fingerprint density at radius 1 is 1.12 bits per heavy atom. The molecule has 0 saturated heterocycles. The molecule has 1 aromatic heterocycles. The van der Waals surface area contributed by atoms with Crippen molar-refractivity contribution in [3.63, 3.8) is 0 Å². The third kappa shape index (κ3) is 4.07. The SMILES string of the molecule is CC(C)COc1ccc(-c2nn(-c3ccccc3)cc2/C=N/O)cc1. The molecule has 0 amide bonds. The monoisotopic (exact) mass is 335 g/mol. The maximum absolute atomic E-state index is 8.95. The van der Waals surface area contributed by atoms with Crippen LogP contribution in [0.25, 0.3) is 16.9 Å². The Morgan fingerprint density at radius 2 is 1.84 bits per heavy atom. The standard InChI is InChI=1S/C20H21N3O2/c1-15(2)14-25-19-10-8-16(9-11-19)20-17(12-21-24)13-23(22-20)18-6-4-3-5-7-18/h3-13,15,24H,14H2,1-2H3/b21-12+. The van der Waals surface area contributed by atoms with Crippen LogP contribution in [0.4, 0.5) is 0 Å². The van der Waals surface area contributed by atoms with Crippen LogP contribution in [0.3, 0.4) is 0 Å². The first kappa shape index (κ1) is 16.8. The second-order valence-corrected chi connectivity index (χ2v) is 6.19. The molecule has 5 heteroatoms. The second-order valence-electron chi connectivity index (χ2n) is 6.19. The molecule has 0 unspecified atom stereocenters. The van der Waals surface area contributed by atoms with Gasteiger partial charge in [-0.25, -0.2) is 4.68 Å². The quantitative estimate of drug-likeness (QED) is 0.413.